The molecule has 3 nitrogen and oxygen atoms in total. The van der Waals surface area contributed by atoms with Gasteiger partial charge in [0.05, 0.1) is 11.7 Å². The zero-order valence-corrected chi connectivity index (χ0v) is 7.80. The van der Waals surface area contributed by atoms with E-state index >= 15 is 0 Å². The molecule has 2 atom stereocenters. The van der Waals surface area contributed by atoms with Crippen molar-refractivity contribution >= 4 is 0 Å². The van der Waals surface area contributed by atoms with E-state index < -0.39 is 0 Å². The summed E-state index contributed by atoms with van der Waals surface area (Å²) in [7, 11) is 0. The molecule has 0 aromatic rings. The summed E-state index contributed by atoms with van der Waals surface area (Å²) < 4.78 is 11.3. The molecule has 2 saturated heterocycles. The van der Waals surface area contributed by atoms with Crippen molar-refractivity contribution in [3.63, 3.8) is 0 Å². The topological polar surface area (TPSA) is 30.5 Å². The first kappa shape index (κ1) is 8.48. The van der Waals surface area contributed by atoms with Crippen molar-refractivity contribution in [3.8, 4) is 0 Å². The first-order chi connectivity index (χ1) is 5.67. The molecule has 2 heterocycles. The molecule has 0 aliphatic carbocycles. The summed E-state index contributed by atoms with van der Waals surface area (Å²) in [6.07, 6.45) is 2.72. The Labute approximate surface area is 73.4 Å². The average molecular weight is 171 g/mol. The molecule has 2 rings (SSSR count). The first-order valence-electron chi connectivity index (χ1n) is 4.70. The molecule has 0 radical (unpaired) electrons. The predicted octanol–water partition coefficient (Wildman–Crippen LogP) is 0.890. The van der Waals surface area contributed by atoms with Gasteiger partial charge in [-0.3, -0.25) is 5.32 Å². The van der Waals surface area contributed by atoms with Crippen LogP contribution in [0.4, 0.5) is 0 Å². The molecule has 0 saturated carbocycles. The van der Waals surface area contributed by atoms with Crippen LogP contribution in [0.25, 0.3) is 0 Å². The Balaban J connectivity index is 1.90. The molecule has 12 heavy (non-hydrogen) atoms. The van der Waals surface area contributed by atoms with Crippen LogP contribution >= 0.6 is 0 Å². The zero-order valence-electron chi connectivity index (χ0n) is 7.80. The molecule has 2 aliphatic heterocycles. The Hall–Kier alpha value is -0.120. The fourth-order valence-corrected chi connectivity index (χ4v) is 1.82. The number of hydrogen-bond acceptors (Lipinski definition) is 3. The summed E-state index contributed by atoms with van der Waals surface area (Å²) in [6.45, 7) is 6.04. The maximum absolute atomic E-state index is 5.80. The lowest BCUT2D eigenvalue weighted by Gasteiger charge is -2.21. The highest BCUT2D eigenvalue weighted by Crippen LogP contribution is 2.24. The van der Waals surface area contributed by atoms with Gasteiger partial charge in [-0.15, -0.1) is 0 Å². The molecule has 2 unspecified atom stereocenters. The van der Waals surface area contributed by atoms with Crippen LogP contribution in [0.5, 0.6) is 0 Å². The molecule has 2 aliphatic rings. The SMILES string of the molecule is CC1(C)CNC(C2CCCO2)O1. The van der Waals surface area contributed by atoms with Gasteiger partial charge in [0.1, 0.15) is 6.23 Å². The van der Waals surface area contributed by atoms with Crippen LogP contribution in [-0.2, 0) is 9.47 Å². The number of ether oxygens (including phenoxy) is 2. The monoisotopic (exact) mass is 171 g/mol. The van der Waals surface area contributed by atoms with Crippen molar-refractivity contribution in [2.75, 3.05) is 13.2 Å². The maximum Gasteiger partial charge on any atom is 0.135 e. The standard InChI is InChI=1S/C9H17NO2/c1-9(2)6-10-8(12-9)7-4-3-5-11-7/h7-8,10H,3-6H2,1-2H3. The molecular formula is C9H17NO2. The Morgan fingerprint density at radius 3 is 2.75 bits per heavy atom. The van der Waals surface area contributed by atoms with Gasteiger partial charge in [-0.1, -0.05) is 0 Å². The summed E-state index contributed by atoms with van der Waals surface area (Å²) in [5.74, 6) is 0. The molecule has 0 amide bonds. The minimum atomic E-state index is -0.0172. The molecule has 0 spiro atoms. The minimum absolute atomic E-state index is 0.0172. The second-order valence-electron chi connectivity index (χ2n) is 4.23. The van der Waals surface area contributed by atoms with Gasteiger partial charge < -0.3 is 9.47 Å². The predicted molar refractivity (Wildman–Crippen MR) is 45.9 cm³/mol. The minimum Gasteiger partial charge on any atom is -0.374 e. The highest BCUT2D eigenvalue weighted by atomic mass is 16.6. The van der Waals surface area contributed by atoms with E-state index in [-0.39, 0.29) is 17.9 Å². The molecule has 0 aromatic carbocycles. The van der Waals surface area contributed by atoms with Gasteiger partial charge in [0.25, 0.3) is 0 Å². The van der Waals surface area contributed by atoms with Gasteiger partial charge in [-0.05, 0) is 26.7 Å². The van der Waals surface area contributed by atoms with Gasteiger partial charge in [0.2, 0.25) is 0 Å². The summed E-state index contributed by atoms with van der Waals surface area (Å²) in [5.41, 5.74) is -0.0172. The van der Waals surface area contributed by atoms with E-state index in [0.717, 1.165) is 19.6 Å². The molecule has 1 N–H and O–H groups in total. The first-order valence-corrected chi connectivity index (χ1v) is 4.70. The fraction of sp³-hybridized carbons (Fsp3) is 1.00. The van der Waals surface area contributed by atoms with E-state index in [1.54, 1.807) is 0 Å². The number of hydrogen-bond donors (Lipinski definition) is 1. The lowest BCUT2D eigenvalue weighted by Crippen LogP contribution is -2.35. The van der Waals surface area contributed by atoms with E-state index in [1.807, 2.05) is 0 Å². The van der Waals surface area contributed by atoms with Gasteiger partial charge in [0, 0.05) is 13.2 Å². The maximum atomic E-state index is 5.80. The van der Waals surface area contributed by atoms with Gasteiger partial charge >= 0.3 is 0 Å². The highest BCUT2D eigenvalue weighted by molar-refractivity contribution is 4.86. The zero-order chi connectivity index (χ0) is 8.60. The Morgan fingerprint density at radius 2 is 2.25 bits per heavy atom. The molecule has 3 heteroatoms. The fourth-order valence-electron chi connectivity index (χ4n) is 1.82. The quantitative estimate of drug-likeness (QED) is 0.635. The smallest absolute Gasteiger partial charge is 0.135 e. The lowest BCUT2D eigenvalue weighted by molar-refractivity contribution is -0.0803. The third-order valence-corrected chi connectivity index (χ3v) is 2.48. The van der Waals surface area contributed by atoms with Crippen LogP contribution in [0.1, 0.15) is 26.7 Å². The van der Waals surface area contributed by atoms with Crippen LogP contribution in [0.3, 0.4) is 0 Å². The molecular weight excluding hydrogens is 154 g/mol. The lowest BCUT2D eigenvalue weighted by atomic mass is 10.1. The van der Waals surface area contributed by atoms with Crippen molar-refractivity contribution in [2.45, 2.75) is 44.6 Å². The van der Waals surface area contributed by atoms with E-state index in [1.165, 1.54) is 6.42 Å². The van der Waals surface area contributed by atoms with E-state index in [2.05, 4.69) is 19.2 Å². The van der Waals surface area contributed by atoms with Gasteiger partial charge in [-0.25, -0.2) is 0 Å². The Morgan fingerprint density at radius 1 is 1.42 bits per heavy atom. The summed E-state index contributed by atoms with van der Waals surface area (Å²) >= 11 is 0. The average Bonchev–Trinajstić information content (AvgIpc) is 2.55. The number of nitrogens with one attached hydrogen (secondary N) is 1. The van der Waals surface area contributed by atoms with E-state index in [0.29, 0.717) is 0 Å². The normalized spacial score (nSPS) is 40.5. The van der Waals surface area contributed by atoms with Crippen molar-refractivity contribution in [1.29, 1.82) is 0 Å². The second kappa shape index (κ2) is 2.98. The van der Waals surface area contributed by atoms with Gasteiger partial charge in [-0.2, -0.15) is 0 Å². The highest BCUT2D eigenvalue weighted by Gasteiger charge is 2.37. The van der Waals surface area contributed by atoms with Crippen LogP contribution in [0.15, 0.2) is 0 Å². The van der Waals surface area contributed by atoms with Crippen LogP contribution in [0, 0.1) is 0 Å². The van der Waals surface area contributed by atoms with Crippen LogP contribution in [-0.4, -0.2) is 31.1 Å². The Kier molecular flexibility index (Phi) is 2.10. The molecule has 70 valence electrons. The largest absolute Gasteiger partial charge is 0.374 e. The second-order valence-corrected chi connectivity index (χ2v) is 4.23. The summed E-state index contributed by atoms with van der Waals surface area (Å²) in [4.78, 5) is 0. The summed E-state index contributed by atoms with van der Waals surface area (Å²) in [5, 5.41) is 3.34. The Bertz CT molecular complexity index is 164. The van der Waals surface area contributed by atoms with Crippen molar-refractivity contribution in [1.82, 2.24) is 5.32 Å². The molecule has 0 aromatic heterocycles. The van der Waals surface area contributed by atoms with Crippen LogP contribution in [0.2, 0.25) is 0 Å². The molecule has 0 bridgehead atoms. The van der Waals surface area contributed by atoms with E-state index in [4.69, 9.17) is 9.47 Å². The van der Waals surface area contributed by atoms with Crippen molar-refractivity contribution < 1.29 is 9.47 Å². The van der Waals surface area contributed by atoms with Crippen molar-refractivity contribution in [2.24, 2.45) is 0 Å². The van der Waals surface area contributed by atoms with Crippen molar-refractivity contribution in [3.05, 3.63) is 0 Å². The summed E-state index contributed by atoms with van der Waals surface area (Å²) in [6, 6.07) is 0. The van der Waals surface area contributed by atoms with Crippen LogP contribution < -0.4 is 5.32 Å². The third-order valence-electron chi connectivity index (χ3n) is 2.48. The van der Waals surface area contributed by atoms with E-state index in [9.17, 15) is 0 Å². The molecule has 2 fully saturated rings. The third kappa shape index (κ3) is 1.63. The number of rotatable bonds is 1. The van der Waals surface area contributed by atoms with Gasteiger partial charge in [0.15, 0.2) is 0 Å².